The Bertz CT molecular complexity index is 1200. The molecule has 35 heavy (non-hydrogen) atoms. The normalized spacial score (nSPS) is 17.7. The Labute approximate surface area is 205 Å². The second-order valence-electron chi connectivity index (χ2n) is 8.92. The molecule has 1 unspecified atom stereocenters. The SMILES string of the molecule is O=C(COc1ccccc1C1CC(c2ccccc2)=NN1C(=O)c1ccccc1)N1CCCCC1. The number of amides is 2. The van der Waals surface area contributed by atoms with Gasteiger partial charge in [-0.2, -0.15) is 5.10 Å². The molecule has 0 N–H and O–H groups in total. The maximum Gasteiger partial charge on any atom is 0.274 e. The predicted octanol–water partition coefficient (Wildman–Crippen LogP) is 5.07. The third kappa shape index (κ3) is 5.11. The number of hydrogen-bond donors (Lipinski definition) is 0. The van der Waals surface area contributed by atoms with E-state index in [1.54, 1.807) is 17.1 Å². The number of nitrogens with zero attached hydrogens (tertiary/aromatic N) is 3. The van der Waals surface area contributed by atoms with Crippen LogP contribution in [0.15, 0.2) is 90.0 Å². The molecule has 1 fully saturated rings. The van der Waals surface area contributed by atoms with Crippen LogP contribution >= 0.6 is 0 Å². The molecule has 1 atom stereocenters. The molecule has 3 aromatic rings. The summed E-state index contributed by atoms with van der Waals surface area (Å²) in [4.78, 5) is 28.1. The molecule has 1 saturated heterocycles. The Hall–Kier alpha value is -3.93. The van der Waals surface area contributed by atoms with Crippen molar-refractivity contribution >= 4 is 17.5 Å². The molecule has 0 radical (unpaired) electrons. The average Bonchev–Trinajstić information content (AvgIpc) is 3.38. The van der Waals surface area contributed by atoms with E-state index in [-0.39, 0.29) is 24.5 Å². The molecule has 5 rings (SSSR count). The van der Waals surface area contributed by atoms with E-state index < -0.39 is 0 Å². The maximum absolute atomic E-state index is 13.5. The van der Waals surface area contributed by atoms with E-state index in [0.29, 0.717) is 17.7 Å². The minimum absolute atomic E-state index is 0.00404. The molecule has 0 saturated carbocycles. The first kappa shape index (κ1) is 22.8. The van der Waals surface area contributed by atoms with Gasteiger partial charge in [-0.3, -0.25) is 9.59 Å². The summed E-state index contributed by atoms with van der Waals surface area (Å²) in [5, 5.41) is 6.33. The number of carbonyl (C=O) groups excluding carboxylic acids is 2. The van der Waals surface area contributed by atoms with Crippen LogP contribution in [-0.2, 0) is 4.79 Å². The minimum atomic E-state index is -0.334. The van der Waals surface area contributed by atoms with Gasteiger partial charge in [-0.1, -0.05) is 66.7 Å². The lowest BCUT2D eigenvalue weighted by molar-refractivity contribution is -0.134. The van der Waals surface area contributed by atoms with Crippen LogP contribution in [0.1, 0.15) is 53.2 Å². The summed E-state index contributed by atoms with van der Waals surface area (Å²) < 4.78 is 6.06. The van der Waals surface area contributed by atoms with Crippen LogP contribution in [0.3, 0.4) is 0 Å². The van der Waals surface area contributed by atoms with Crippen molar-refractivity contribution in [2.45, 2.75) is 31.7 Å². The lowest BCUT2D eigenvalue weighted by Gasteiger charge is -2.27. The highest BCUT2D eigenvalue weighted by atomic mass is 16.5. The van der Waals surface area contributed by atoms with Crippen LogP contribution in [0, 0.1) is 0 Å². The van der Waals surface area contributed by atoms with Crippen molar-refractivity contribution in [2.75, 3.05) is 19.7 Å². The first-order valence-corrected chi connectivity index (χ1v) is 12.2. The van der Waals surface area contributed by atoms with Crippen molar-refractivity contribution in [3.05, 3.63) is 102 Å². The number of likely N-dealkylation sites (tertiary alicyclic amines) is 1. The number of para-hydroxylation sites is 1. The van der Waals surface area contributed by atoms with E-state index in [9.17, 15) is 9.59 Å². The van der Waals surface area contributed by atoms with E-state index in [1.807, 2.05) is 77.7 Å². The molecule has 6 nitrogen and oxygen atoms in total. The predicted molar refractivity (Wildman–Crippen MR) is 135 cm³/mol. The summed E-state index contributed by atoms with van der Waals surface area (Å²) in [5.74, 6) is 0.448. The summed E-state index contributed by atoms with van der Waals surface area (Å²) in [6.45, 7) is 1.57. The lowest BCUT2D eigenvalue weighted by Crippen LogP contribution is -2.38. The number of carbonyl (C=O) groups is 2. The Morgan fingerprint density at radius 3 is 2.23 bits per heavy atom. The Morgan fingerprint density at radius 1 is 0.829 bits per heavy atom. The maximum atomic E-state index is 13.5. The van der Waals surface area contributed by atoms with Crippen molar-refractivity contribution < 1.29 is 14.3 Å². The molecule has 0 bridgehead atoms. The van der Waals surface area contributed by atoms with Crippen LogP contribution < -0.4 is 4.74 Å². The third-order valence-corrected chi connectivity index (χ3v) is 6.58. The molecule has 0 aliphatic carbocycles. The Kier molecular flexibility index (Phi) is 6.89. The minimum Gasteiger partial charge on any atom is -0.483 e. The highest BCUT2D eigenvalue weighted by Crippen LogP contribution is 2.38. The standard InChI is InChI=1S/C29H29N3O3/c33-28(31-18-10-3-11-19-31)21-35-27-17-9-8-16-24(27)26-20-25(22-12-4-1-5-13-22)30-32(26)29(34)23-14-6-2-7-15-23/h1-2,4-9,12-17,26H,3,10-11,18-21H2. The number of piperidine rings is 1. The number of hydrogen-bond acceptors (Lipinski definition) is 4. The molecule has 2 heterocycles. The van der Waals surface area contributed by atoms with E-state index in [1.165, 1.54) is 6.42 Å². The fraction of sp³-hybridized carbons (Fsp3) is 0.276. The van der Waals surface area contributed by atoms with Gasteiger partial charge in [0, 0.05) is 30.6 Å². The highest BCUT2D eigenvalue weighted by Gasteiger charge is 2.35. The van der Waals surface area contributed by atoms with Crippen molar-refractivity contribution in [1.82, 2.24) is 9.91 Å². The second-order valence-corrected chi connectivity index (χ2v) is 8.92. The van der Waals surface area contributed by atoms with Crippen molar-refractivity contribution in [2.24, 2.45) is 5.10 Å². The molecule has 2 aliphatic heterocycles. The fourth-order valence-electron chi connectivity index (χ4n) is 4.72. The number of benzene rings is 3. The van der Waals surface area contributed by atoms with Gasteiger partial charge >= 0.3 is 0 Å². The van der Waals surface area contributed by atoms with Crippen LogP contribution in [0.25, 0.3) is 0 Å². The number of ether oxygens (including phenoxy) is 1. The zero-order valence-corrected chi connectivity index (χ0v) is 19.7. The molecule has 0 aromatic heterocycles. The number of rotatable bonds is 6. The van der Waals surface area contributed by atoms with Crippen LogP contribution in [0.5, 0.6) is 5.75 Å². The van der Waals surface area contributed by atoms with Gasteiger partial charge in [-0.15, -0.1) is 0 Å². The molecule has 3 aromatic carbocycles. The van der Waals surface area contributed by atoms with Crippen molar-refractivity contribution in [3.8, 4) is 5.75 Å². The molecular formula is C29H29N3O3. The van der Waals surface area contributed by atoms with Gasteiger partial charge < -0.3 is 9.64 Å². The summed E-state index contributed by atoms with van der Waals surface area (Å²) >= 11 is 0. The van der Waals surface area contributed by atoms with Crippen LogP contribution in [0.2, 0.25) is 0 Å². The third-order valence-electron chi connectivity index (χ3n) is 6.58. The van der Waals surface area contributed by atoms with Crippen LogP contribution in [-0.4, -0.2) is 47.1 Å². The van der Waals surface area contributed by atoms with E-state index in [0.717, 1.165) is 42.8 Å². The van der Waals surface area contributed by atoms with Gasteiger partial charge in [0.05, 0.1) is 11.8 Å². The molecule has 178 valence electrons. The fourth-order valence-corrected chi connectivity index (χ4v) is 4.72. The largest absolute Gasteiger partial charge is 0.483 e. The Morgan fingerprint density at radius 2 is 1.49 bits per heavy atom. The first-order chi connectivity index (χ1) is 17.2. The van der Waals surface area contributed by atoms with E-state index in [2.05, 4.69) is 0 Å². The molecule has 2 amide bonds. The monoisotopic (exact) mass is 467 g/mol. The quantitative estimate of drug-likeness (QED) is 0.509. The second kappa shape index (κ2) is 10.6. The van der Waals surface area contributed by atoms with Gasteiger partial charge in [0.2, 0.25) is 0 Å². The topological polar surface area (TPSA) is 62.2 Å². The van der Waals surface area contributed by atoms with Gasteiger partial charge in [0.25, 0.3) is 11.8 Å². The summed E-state index contributed by atoms with van der Waals surface area (Å²) in [6, 6.07) is 26.4. The van der Waals surface area contributed by atoms with Gasteiger partial charge in [-0.25, -0.2) is 5.01 Å². The first-order valence-electron chi connectivity index (χ1n) is 12.2. The van der Waals surface area contributed by atoms with Crippen molar-refractivity contribution in [1.29, 1.82) is 0 Å². The summed E-state index contributed by atoms with van der Waals surface area (Å²) in [7, 11) is 0. The molecule has 6 heteroatoms. The van der Waals surface area contributed by atoms with E-state index in [4.69, 9.17) is 9.84 Å². The molecule has 2 aliphatic rings. The molecular weight excluding hydrogens is 438 g/mol. The highest BCUT2D eigenvalue weighted by molar-refractivity contribution is 6.05. The average molecular weight is 468 g/mol. The summed E-state index contributed by atoms with van der Waals surface area (Å²) in [5.41, 5.74) is 3.26. The zero-order chi connectivity index (χ0) is 24.0. The van der Waals surface area contributed by atoms with Crippen LogP contribution in [0.4, 0.5) is 0 Å². The van der Waals surface area contributed by atoms with Crippen molar-refractivity contribution in [3.63, 3.8) is 0 Å². The zero-order valence-electron chi connectivity index (χ0n) is 19.7. The van der Waals surface area contributed by atoms with E-state index >= 15 is 0 Å². The summed E-state index contributed by atoms with van der Waals surface area (Å²) in [6.07, 6.45) is 3.81. The van der Waals surface area contributed by atoms with Gasteiger partial charge in [0.15, 0.2) is 6.61 Å². The smallest absolute Gasteiger partial charge is 0.274 e. The Balaban J connectivity index is 1.42. The lowest BCUT2D eigenvalue weighted by atomic mass is 9.97. The number of hydrazone groups is 1. The van der Waals surface area contributed by atoms with Gasteiger partial charge in [-0.05, 0) is 43.0 Å². The molecule has 0 spiro atoms. The van der Waals surface area contributed by atoms with Gasteiger partial charge in [0.1, 0.15) is 5.75 Å².